The van der Waals surface area contributed by atoms with E-state index in [1.54, 1.807) is 19.9 Å². The third-order valence-corrected chi connectivity index (χ3v) is 2.75. The summed E-state index contributed by atoms with van der Waals surface area (Å²) in [4.78, 5) is 20.2. The summed E-state index contributed by atoms with van der Waals surface area (Å²) in [6.45, 7) is 8.19. The van der Waals surface area contributed by atoms with Crippen molar-refractivity contribution in [1.29, 1.82) is 0 Å². The van der Waals surface area contributed by atoms with Crippen LogP contribution in [0, 0.1) is 6.92 Å². The number of aryl methyl sites for hydroxylation is 1. The van der Waals surface area contributed by atoms with Gasteiger partial charge < -0.3 is 4.74 Å². The van der Waals surface area contributed by atoms with Crippen molar-refractivity contribution >= 4 is 5.97 Å². The quantitative estimate of drug-likeness (QED) is 0.738. The zero-order valence-corrected chi connectivity index (χ0v) is 11.0. The Bertz CT molecular complexity index is 387. The molecule has 0 aliphatic heterocycles. The van der Waals surface area contributed by atoms with Crippen LogP contribution in [0.1, 0.15) is 61.5 Å². The topological polar surface area (TPSA) is 52.1 Å². The molecule has 0 spiro atoms. The highest BCUT2D eigenvalue weighted by molar-refractivity contribution is 5.87. The summed E-state index contributed by atoms with van der Waals surface area (Å²) in [5.74, 6) is 0.632. The van der Waals surface area contributed by atoms with Crippen LogP contribution < -0.4 is 0 Å². The van der Waals surface area contributed by atoms with Crippen LogP contribution in [0.5, 0.6) is 0 Å². The van der Waals surface area contributed by atoms with Crippen molar-refractivity contribution in [2.24, 2.45) is 0 Å². The Labute approximate surface area is 102 Å². The first-order chi connectivity index (χ1) is 8.12. The molecule has 0 bridgehead atoms. The van der Waals surface area contributed by atoms with Gasteiger partial charge in [-0.05, 0) is 32.8 Å². The average molecular weight is 236 g/mol. The normalized spacial score (nSPS) is 10.6. The number of nitrogens with zero attached hydrogens (tertiary/aromatic N) is 2. The van der Waals surface area contributed by atoms with Gasteiger partial charge in [-0.2, -0.15) is 0 Å². The molecule has 0 aliphatic rings. The molecule has 0 amide bonds. The van der Waals surface area contributed by atoms with Gasteiger partial charge in [-0.3, -0.25) is 0 Å². The molecule has 0 radical (unpaired) electrons. The van der Waals surface area contributed by atoms with Gasteiger partial charge in [-0.1, -0.05) is 13.8 Å². The van der Waals surface area contributed by atoms with Crippen molar-refractivity contribution in [1.82, 2.24) is 9.97 Å². The van der Waals surface area contributed by atoms with Crippen LogP contribution in [-0.2, 0) is 4.74 Å². The molecule has 4 heteroatoms. The number of rotatable bonds is 5. The van der Waals surface area contributed by atoms with Crippen LogP contribution in [0.25, 0.3) is 0 Å². The van der Waals surface area contributed by atoms with E-state index in [9.17, 15) is 4.79 Å². The summed E-state index contributed by atoms with van der Waals surface area (Å²) >= 11 is 0. The lowest BCUT2D eigenvalue weighted by atomic mass is 9.98. The smallest absolute Gasteiger partial charge is 0.357 e. The second kappa shape index (κ2) is 6.33. The van der Waals surface area contributed by atoms with Crippen molar-refractivity contribution in [3.05, 3.63) is 23.3 Å². The molecule has 0 fully saturated rings. The van der Waals surface area contributed by atoms with Gasteiger partial charge in [-0.25, -0.2) is 14.8 Å². The molecule has 1 rings (SSSR count). The minimum absolute atomic E-state index is 0.362. The largest absolute Gasteiger partial charge is 0.461 e. The van der Waals surface area contributed by atoms with E-state index < -0.39 is 0 Å². The zero-order chi connectivity index (χ0) is 12.8. The van der Waals surface area contributed by atoms with E-state index in [4.69, 9.17) is 4.74 Å². The summed E-state index contributed by atoms with van der Waals surface area (Å²) in [5, 5.41) is 0. The van der Waals surface area contributed by atoms with Crippen molar-refractivity contribution < 1.29 is 9.53 Å². The molecule has 0 N–H and O–H groups in total. The lowest BCUT2D eigenvalue weighted by Crippen LogP contribution is -2.11. The summed E-state index contributed by atoms with van der Waals surface area (Å²) in [7, 11) is 0. The molecule has 0 atom stereocenters. The first-order valence-electron chi connectivity index (χ1n) is 6.15. The average Bonchev–Trinajstić information content (AvgIpc) is 2.30. The second-order valence-corrected chi connectivity index (χ2v) is 3.96. The summed E-state index contributed by atoms with van der Waals surface area (Å²) in [5.41, 5.74) is 1.30. The maximum Gasteiger partial charge on any atom is 0.357 e. The van der Waals surface area contributed by atoms with Crippen LogP contribution in [0.15, 0.2) is 6.07 Å². The minimum Gasteiger partial charge on any atom is -0.461 e. The molecule has 0 saturated heterocycles. The number of carbonyl (C=O) groups excluding carboxylic acids is 1. The Balaban J connectivity index is 3.05. The van der Waals surface area contributed by atoms with E-state index >= 15 is 0 Å². The van der Waals surface area contributed by atoms with Gasteiger partial charge in [0.2, 0.25) is 0 Å². The lowest BCUT2D eigenvalue weighted by Gasteiger charge is -2.13. The van der Waals surface area contributed by atoms with Crippen molar-refractivity contribution in [3.8, 4) is 0 Å². The van der Waals surface area contributed by atoms with E-state index in [0.717, 1.165) is 18.5 Å². The molecule has 0 unspecified atom stereocenters. The fourth-order valence-electron chi connectivity index (χ4n) is 1.82. The summed E-state index contributed by atoms with van der Waals surface area (Å²) in [6.07, 6.45) is 2.02. The maximum atomic E-state index is 11.6. The minimum atomic E-state index is -0.370. The highest BCUT2D eigenvalue weighted by atomic mass is 16.5. The number of aromatic nitrogens is 2. The van der Waals surface area contributed by atoms with Gasteiger partial charge in [0.1, 0.15) is 5.82 Å². The zero-order valence-electron chi connectivity index (χ0n) is 11.0. The fourth-order valence-corrected chi connectivity index (χ4v) is 1.82. The molecule has 1 heterocycles. The van der Waals surface area contributed by atoms with Crippen LogP contribution in [0.2, 0.25) is 0 Å². The molecule has 1 aromatic heterocycles. The lowest BCUT2D eigenvalue weighted by molar-refractivity contribution is 0.0518. The SMILES string of the molecule is CCOC(=O)c1cc(C(CC)CC)nc(C)n1. The van der Waals surface area contributed by atoms with E-state index in [-0.39, 0.29) is 5.97 Å². The summed E-state index contributed by atoms with van der Waals surface area (Å²) in [6, 6.07) is 1.75. The fraction of sp³-hybridized carbons (Fsp3) is 0.615. The second-order valence-electron chi connectivity index (χ2n) is 3.96. The Morgan fingerprint density at radius 1 is 1.29 bits per heavy atom. The van der Waals surface area contributed by atoms with Crippen LogP contribution in [0.3, 0.4) is 0 Å². The predicted molar refractivity (Wildman–Crippen MR) is 66.0 cm³/mol. The van der Waals surface area contributed by atoms with Gasteiger partial charge in [0, 0.05) is 11.6 Å². The third kappa shape index (κ3) is 3.51. The molecule has 0 aliphatic carbocycles. The van der Waals surface area contributed by atoms with Crippen LogP contribution >= 0.6 is 0 Å². The highest BCUT2D eigenvalue weighted by Gasteiger charge is 2.15. The molecule has 4 nitrogen and oxygen atoms in total. The Hall–Kier alpha value is -1.45. The Morgan fingerprint density at radius 2 is 1.94 bits per heavy atom. The van der Waals surface area contributed by atoms with E-state index in [2.05, 4.69) is 23.8 Å². The van der Waals surface area contributed by atoms with E-state index in [0.29, 0.717) is 24.0 Å². The standard InChI is InChI=1S/C13H20N2O2/c1-5-10(6-2)11-8-12(13(16)17-7-3)15-9(4)14-11/h8,10H,5-7H2,1-4H3. The number of carbonyl (C=O) groups is 1. The van der Waals surface area contributed by atoms with Crippen molar-refractivity contribution in [2.75, 3.05) is 6.61 Å². The van der Waals surface area contributed by atoms with Crippen molar-refractivity contribution in [2.45, 2.75) is 46.5 Å². The predicted octanol–water partition coefficient (Wildman–Crippen LogP) is 2.87. The summed E-state index contributed by atoms with van der Waals surface area (Å²) < 4.78 is 4.96. The monoisotopic (exact) mass is 236 g/mol. The van der Waals surface area contributed by atoms with Gasteiger partial charge in [0.25, 0.3) is 0 Å². The molecule has 94 valence electrons. The van der Waals surface area contributed by atoms with E-state index in [1.807, 2.05) is 0 Å². The third-order valence-electron chi connectivity index (χ3n) is 2.75. The molecular weight excluding hydrogens is 216 g/mol. The van der Waals surface area contributed by atoms with Gasteiger partial charge >= 0.3 is 5.97 Å². The van der Waals surface area contributed by atoms with Gasteiger partial charge in [0.15, 0.2) is 5.69 Å². The van der Waals surface area contributed by atoms with E-state index in [1.165, 1.54) is 0 Å². The molecule has 17 heavy (non-hydrogen) atoms. The Kier molecular flexibility index (Phi) is 5.07. The first-order valence-corrected chi connectivity index (χ1v) is 6.15. The van der Waals surface area contributed by atoms with Crippen LogP contribution in [0.4, 0.5) is 0 Å². The van der Waals surface area contributed by atoms with Crippen LogP contribution in [-0.4, -0.2) is 22.5 Å². The molecule has 0 aromatic carbocycles. The number of hydrogen-bond donors (Lipinski definition) is 0. The molecule has 0 saturated carbocycles. The number of esters is 1. The highest BCUT2D eigenvalue weighted by Crippen LogP contribution is 2.21. The number of hydrogen-bond acceptors (Lipinski definition) is 4. The molecular formula is C13H20N2O2. The van der Waals surface area contributed by atoms with Gasteiger partial charge in [-0.15, -0.1) is 0 Å². The number of ether oxygens (including phenoxy) is 1. The molecule has 1 aromatic rings. The maximum absolute atomic E-state index is 11.6. The van der Waals surface area contributed by atoms with Gasteiger partial charge in [0.05, 0.1) is 6.61 Å². The first kappa shape index (κ1) is 13.6. The Morgan fingerprint density at radius 3 is 2.47 bits per heavy atom. The van der Waals surface area contributed by atoms with Crippen molar-refractivity contribution in [3.63, 3.8) is 0 Å².